The highest BCUT2D eigenvalue weighted by Gasteiger charge is 2.15. The fourth-order valence-electron chi connectivity index (χ4n) is 2.95. The Morgan fingerprint density at radius 1 is 1.00 bits per heavy atom. The number of amides is 1. The predicted molar refractivity (Wildman–Crippen MR) is 111 cm³/mol. The van der Waals surface area contributed by atoms with Gasteiger partial charge in [-0.1, -0.05) is 17.3 Å². The van der Waals surface area contributed by atoms with Crippen molar-refractivity contribution in [1.82, 2.24) is 15.0 Å². The number of aromatic nitrogens is 2. The van der Waals surface area contributed by atoms with Crippen molar-refractivity contribution in [3.05, 3.63) is 53.9 Å². The molecule has 3 rings (SSSR count). The molecule has 0 aliphatic rings. The maximum absolute atomic E-state index is 12.5. The Balaban J connectivity index is 1.57. The molecule has 0 spiro atoms. The lowest BCUT2D eigenvalue weighted by Gasteiger charge is -2.17. The molecule has 3 aromatic rings. The number of carbonyl (C=O) groups is 1. The molecule has 0 bridgehead atoms. The summed E-state index contributed by atoms with van der Waals surface area (Å²) in [7, 11) is 6.54. The first-order valence-electron chi connectivity index (χ1n) is 9.46. The maximum Gasteiger partial charge on any atom is 0.227 e. The van der Waals surface area contributed by atoms with Crippen LogP contribution in [0.5, 0.6) is 17.2 Å². The first-order chi connectivity index (χ1) is 14.5. The maximum atomic E-state index is 12.5. The van der Waals surface area contributed by atoms with E-state index in [0.717, 1.165) is 16.9 Å². The molecule has 8 nitrogen and oxygen atoms in total. The van der Waals surface area contributed by atoms with Crippen LogP contribution in [0.3, 0.4) is 0 Å². The van der Waals surface area contributed by atoms with Crippen molar-refractivity contribution in [3.8, 4) is 28.6 Å². The van der Waals surface area contributed by atoms with Gasteiger partial charge in [-0.25, -0.2) is 0 Å². The second kappa shape index (κ2) is 9.78. The lowest BCUT2D eigenvalue weighted by Crippen LogP contribution is -2.26. The molecule has 2 aromatic carbocycles. The minimum absolute atomic E-state index is 0.00307. The van der Waals surface area contributed by atoms with Crippen molar-refractivity contribution in [2.45, 2.75) is 19.4 Å². The molecular formula is C22H25N3O5. The Morgan fingerprint density at radius 3 is 2.40 bits per heavy atom. The number of benzene rings is 2. The molecule has 1 aromatic heterocycles. The number of ether oxygens (including phenoxy) is 3. The van der Waals surface area contributed by atoms with Crippen LogP contribution in [0.2, 0.25) is 0 Å². The molecule has 158 valence electrons. The number of carbonyl (C=O) groups excluding carboxylic acids is 1. The van der Waals surface area contributed by atoms with E-state index in [9.17, 15) is 4.79 Å². The van der Waals surface area contributed by atoms with E-state index in [1.807, 2.05) is 30.3 Å². The summed E-state index contributed by atoms with van der Waals surface area (Å²) < 4.78 is 21.0. The number of rotatable bonds is 9. The second-order valence-corrected chi connectivity index (χ2v) is 6.68. The minimum Gasteiger partial charge on any atom is -0.497 e. The van der Waals surface area contributed by atoms with Crippen molar-refractivity contribution in [3.63, 3.8) is 0 Å². The molecule has 1 amide bonds. The van der Waals surface area contributed by atoms with Crippen LogP contribution in [-0.4, -0.2) is 49.3 Å². The van der Waals surface area contributed by atoms with E-state index in [-0.39, 0.29) is 12.3 Å². The SMILES string of the molecule is COc1ccc(CN(C)C(=O)CCc2nc(-c3ccc(OC)c(OC)c3)no2)cc1. The quantitative estimate of drug-likeness (QED) is 0.534. The van der Waals surface area contributed by atoms with Crippen LogP contribution in [0.1, 0.15) is 17.9 Å². The zero-order valence-electron chi connectivity index (χ0n) is 17.5. The highest BCUT2D eigenvalue weighted by Crippen LogP contribution is 2.31. The smallest absolute Gasteiger partial charge is 0.227 e. The highest BCUT2D eigenvalue weighted by atomic mass is 16.5. The van der Waals surface area contributed by atoms with Crippen LogP contribution in [0.15, 0.2) is 47.0 Å². The Kier molecular flexibility index (Phi) is 6.90. The summed E-state index contributed by atoms with van der Waals surface area (Å²) in [5.74, 6) is 2.83. The van der Waals surface area contributed by atoms with E-state index in [1.54, 1.807) is 45.4 Å². The molecule has 0 N–H and O–H groups in total. The van der Waals surface area contributed by atoms with Gasteiger partial charge in [-0.3, -0.25) is 4.79 Å². The first kappa shape index (κ1) is 21.2. The van der Waals surface area contributed by atoms with Crippen LogP contribution in [0.4, 0.5) is 0 Å². The summed E-state index contributed by atoms with van der Waals surface area (Å²) in [6, 6.07) is 13.0. The van der Waals surface area contributed by atoms with Gasteiger partial charge in [0.15, 0.2) is 11.5 Å². The summed E-state index contributed by atoms with van der Waals surface area (Å²) in [6.07, 6.45) is 0.645. The van der Waals surface area contributed by atoms with Crippen LogP contribution >= 0.6 is 0 Å². The van der Waals surface area contributed by atoms with E-state index in [2.05, 4.69) is 10.1 Å². The summed E-state index contributed by atoms with van der Waals surface area (Å²) in [5.41, 5.74) is 1.77. The number of hydrogen-bond donors (Lipinski definition) is 0. The van der Waals surface area contributed by atoms with Crippen molar-refractivity contribution < 1.29 is 23.5 Å². The van der Waals surface area contributed by atoms with Gasteiger partial charge in [0.1, 0.15) is 5.75 Å². The molecule has 0 aliphatic carbocycles. The lowest BCUT2D eigenvalue weighted by atomic mass is 10.2. The molecule has 30 heavy (non-hydrogen) atoms. The fraction of sp³-hybridized carbons (Fsp3) is 0.318. The third kappa shape index (κ3) is 5.08. The molecule has 8 heteroatoms. The predicted octanol–water partition coefficient (Wildman–Crippen LogP) is 3.35. The summed E-state index contributed by atoms with van der Waals surface area (Å²) >= 11 is 0. The average molecular weight is 411 g/mol. The number of aryl methyl sites for hydroxylation is 1. The Hall–Kier alpha value is -3.55. The molecule has 0 aliphatic heterocycles. The normalized spacial score (nSPS) is 10.5. The van der Waals surface area contributed by atoms with Gasteiger partial charge in [0.25, 0.3) is 0 Å². The lowest BCUT2D eigenvalue weighted by molar-refractivity contribution is -0.130. The van der Waals surface area contributed by atoms with E-state index in [0.29, 0.717) is 36.2 Å². The minimum atomic E-state index is -0.00307. The van der Waals surface area contributed by atoms with E-state index in [1.165, 1.54) is 0 Å². The van der Waals surface area contributed by atoms with Gasteiger partial charge in [0.2, 0.25) is 17.6 Å². The Bertz CT molecular complexity index is 985. The summed E-state index contributed by atoms with van der Waals surface area (Å²) in [5, 5.41) is 4.00. The number of methoxy groups -OCH3 is 3. The van der Waals surface area contributed by atoms with E-state index >= 15 is 0 Å². The van der Waals surface area contributed by atoms with Crippen LogP contribution in [0, 0.1) is 0 Å². The van der Waals surface area contributed by atoms with Gasteiger partial charge in [0.05, 0.1) is 21.3 Å². The third-order valence-electron chi connectivity index (χ3n) is 4.67. The van der Waals surface area contributed by atoms with Crippen molar-refractivity contribution in [1.29, 1.82) is 0 Å². The summed E-state index contributed by atoms with van der Waals surface area (Å²) in [6.45, 7) is 0.517. The van der Waals surface area contributed by atoms with Gasteiger partial charge >= 0.3 is 0 Å². The topological polar surface area (TPSA) is 86.9 Å². The standard InChI is InChI=1S/C22H25N3O5/c1-25(14-15-5-8-17(27-2)9-6-15)21(26)12-11-20-23-22(24-30-20)16-7-10-18(28-3)19(13-16)29-4/h5-10,13H,11-12,14H2,1-4H3. The van der Waals surface area contributed by atoms with Crippen molar-refractivity contribution in [2.24, 2.45) is 0 Å². The van der Waals surface area contributed by atoms with Gasteiger partial charge in [-0.15, -0.1) is 0 Å². The molecule has 0 unspecified atom stereocenters. The monoisotopic (exact) mass is 411 g/mol. The van der Waals surface area contributed by atoms with Crippen LogP contribution < -0.4 is 14.2 Å². The average Bonchev–Trinajstić information content (AvgIpc) is 3.26. The third-order valence-corrected chi connectivity index (χ3v) is 4.67. The number of nitrogens with zero attached hydrogens (tertiary/aromatic N) is 3. The molecular weight excluding hydrogens is 386 g/mol. The van der Waals surface area contributed by atoms with Gasteiger partial charge < -0.3 is 23.6 Å². The zero-order chi connectivity index (χ0) is 21.5. The Labute approximate surface area is 175 Å². The molecule has 0 saturated heterocycles. The van der Waals surface area contributed by atoms with E-state index < -0.39 is 0 Å². The van der Waals surface area contributed by atoms with E-state index in [4.69, 9.17) is 18.7 Å². The highest BCUT2D eigenvalue weighted by molar-refractivity contribution is 5.76. The largest absolute Gasteiger partial charge is 0.497 e. The van der Waals surface area contributed by atoms with Crippen LogP contribution in [-0.2, 0) is 17.8 Å². The van der Waals surface area contributed by atoms with Gasteiger partial charge in [0, 0.05) is 32.0 Å². The number of hydrogen-bond acceptors (Lipinski definition) is 7. The second-order valence-electron chi connectivity index (χ2n) is 6.68. The molecule has 0 fully saturated rings. The molecule has 1 heterocycles. The summed E-state index contributed by atoms with van der Waals surface area (Å²) in [4.78, 5) is 18.5. The van der Waals surface area contributed by atoms with Gasteiger partial charge in [-0.2, -0.15) is 4.98 Å². The molecule has 0 saturated carbocycles. The Morgan fingerprint density at radius 2 is 1.73 bits per heavy atom. The van der Waals surface area contributed by atoms with Crippen molar-refractivity contribution in [2.75, 3.05) is 28.4 Å². The van der Waals surface area contributed by atoms with Crippen LogP contribution in [0.25, 0.3) is 11.4 Å². The first-order valence-corrected chi connectivity index (χ1v) is 9.46. The van der Waals surface area contributed by atoms with Crippen molar-refractivity contribution >= 4 is 5.91 Å². The molecule has 0 atom stereocenters. The van der Waals surface area contributed by atoms with Gasteiger partial charge in [-0.05, 0) is 35.9 Å². The molecule has 0 radical (unpaired) electrons. The zero-order valence-corrected chi connectivity index (χ0v) is 17.5. The fourth-order valence-corrected chi connectivity index (χ4v) is 2.95.